The number of likely N-dealkylation sites (tertiary alicyclic amines) is 1. The van der Waals surface area contributed by atoms with Crippen LogP contribution >= 0.6 is 22.9 Å². The number of hydrogen-bond acceptors (Lipinski definition) is 5. The van der Waals surface area contributed by atoms with Crippen molar-refractivity contribution in [3.63, 3.8) is 0 Å². The van der Waals surface area contributed by atoms with E-state index in [4.69, 9.17) is 16.6 Å². The fourth-order valence-corrected chi connectivity index (χ4v) is 5.20. The summed E-state index contributed by atoms with van der Waals surface area (Å²) in [5, 5.41) is 6.26. The van der Waals surface area contributed by atoms with Crippen molar-refractivity contribution >= 4 is 39.1 Å². The number of H-pyrrole nitrogens is 1. The Balaban J connectivity index is 1.53. The SMILES string of the molecule is CCCC(=O)NC1CCCN(Cc2nc3scc(-c4ccccc4Cl)c3c(=O)[nH]2)C1. The number of benzene rings is 1. The Labute approximate surface area is 184 Å². The third kappa shape index (κ3) is 4.58. The molecule has 0 spiro atoms. The first-order valence-electron chi connectivity index (χ1n) is 10.3. The fraction of sp³-hybridized carbons (Fsp3) is 0.409. The molecule has 1 unspecified atom stereocenters. The summed E-state index contributed by atoms with van der Waals surface area (Å²) in [5.41, 5.74) is 1.51. The molecule has 2 N–H and O–H groups in total. The summed E-state index contributed by atoms with van der Waals surface area (Å²) in [5.74, 6) is 0.767. The Morgan fingerprint density at radius 3 is 3.00 bits per heavy atom. The van der Waals surface area contributed by atoms with E-state index in [-0.39, 0.29) is 17.5 Å². The summed E-state index contributed by atoms with van der Waals surface area (Å²) in [6.07, 6.45) is 3.42. The summed E-state index contributed by atoms with van der Waals surface area (Å²) < 4.78 is 0. The van der Waals surface area contributed by atoms with Crippen molar-refractivity contribution in [2.24, 2.45) is 0 Å². The number of thiophene rings is 1. The van der Waals surface area contributed by atoms with Crippen molar-refractivity contribution in [3.05, 3.63) is 50.8 Å². The van der Waals surface area contributed by atoms with Gasteiger partial charge in [0.2, 0.25) is 5.91 Å². The number of carbonyl (C=O) groups excluding carboxylic acids is 1. The maximum atomic E-state index is 12.9. The summed E-state index contributed by atoms with van der Waals surface area (Å²) in [7, 11) is 0. The van der Waals surface area contributed by atoms with E-state index in [1.165, 1.54) is 11.3 Å². The number of aromatic nitrogens is 2. The van der Waals surface area contributed by atoms with Crippen LogP contribution in [0.15, 0.2) is 34.4 Å². The first kappa shape index (κ1) is 21.0. The van der Waals surface area contributed by atoms with Gasteiger partial charge in [-0.1, -0.05) is 36.7 Å². The predicted molar refractivity (Wildman–Crippen MR) is 122 cm³/mol. The highest BCUT2D eigenvalue weighted by Gasteiger charge is 2.22. The first-order chi connectivity index (χ1) is 14.5. The van der Waals surface area contributed by atoms with E-state index in [1.807, 2.05) is 36.6 Å². The second kappa shape index (κ2) is 9.29. The topological polar surface area (TPSA) is 78.1 Å². The van der Waals surface area contributed by atoms with Crippen molar-refractivity contribution in [3.8, 4) is 11.1 Å². The molecule has 4 rings (SSSR count). The molecule has 0 aliphatic carbocycles. The molecular formula is C22H25ClN4O2S. The molecule has 1 aliphatic heterocycles. The third-order valence-corrected chi connectivity index (χ3v) is 6.58. The average Bonchev–Trinajstić information content (AvgIpc) is 3.13. The monoisotopic (exact) mass is 444 g/mol. The Morgan fingerprint density at radius 2 is 2.20 bits per heavy atom. The highest BCUT2D eigenvalue weighted by Crippen LogP contribution is 2.34. The molecule has 0 radical (unpaired) electrons. The molecule has 30 heavy (non-hydrogen) atoms. The summed E-state index contributed by atoms with van der Waals surface area (Å²) >= 11 is 7.79. The van der Waals surface area contributed by atoms with Crippen LogP contribution in [0.1, 0.15) is 38.4 Å². The third-order valence-electron chi connectivity index (χ3n) is 5.38. The fourth-order valence-electron chi connectivity index (χ4n) is 4.00. The zero-order chi connectivity index (χ0) is 21.1. The van der Waals surface area contributed by atoms with Gasteiger partial charge in [0, 0.05) is 40.5 Å². The van der Waals surface area contributed by atoms with E-state index >= 15 is 0 Å². The Morgan fingerprint density at radius 1 is 1.37 bits per heavy atom. The van der Waals surface area contributed by atoms with Crippen molar-refractivity contribution in [1.82, 2.24) is 20.2 Å². The number of piperidine rings is 1. The Kier molecular flexibility index (Phi) is 6.51. The lowest BCUT2D eigenvalue weighted by Gasteiger charge is -2.32. The van der Waals surface area contributed by atoms with E-state index < -0.39 is 0 Å². The minimum atomic E-state index is -0.143. The smallest absolute Gasteiger partial charge is 0.260 e. The molecule has 8 heteroatoms. The van der Waals surface area contributed by atoms with Crippen LogP contribution < -0.4 is 10.9 Å². The van der Waals surface area contributed by atoms with Gasteiger partial charge in [-0.15, -0.1) is 11.3 Å². The number of carbonyl (C=O) groups is 1. The molecule has 1 aromatic carbocycles. The highest BCUT2D eigenvalue weighted by atomic mass is 35.5. The molecule has 1 fully saturated rings. The largest absolute Gasteiger partial charge is 0.352 e. The van der Waals surface area contributed by atoms with Crippen LogP contribution in [0.2, 0.25) is 5.02 Å². The molecule has 0 saturated carbocycles. The van der Waals surface area contributed by atoms with E-state index in [9.17, 15) is 9.59 Å². The normalized spacial score (nSPS) is 17.3. The number of fused-ring (bicyclic) bond motifs is 1. The van der Waals surface area contributed by atoms with Gasteiger partial charge in [-0.05, 0) is 31.9 Å². The summed E-state index contributed by atoms with van der Waals surface area (Å²) in [6.45, 7) is 4.26. The van der Waals surface area contributed by atoms with Crippen LogP contribution in [-0.4, -0.2) is 39.9 Å². The lowest BCUT2D eigenvalue weighted by Crippen LogP contribution is -2.47. The second-order valence-corrected chi connectivity index (χ2v) is 8.98. The Hall–Kier alpha value is -2.22. The number of amides is 1. The molecule has 1 saturated heterocycles. The molecule has 0 bridgehead atoms. The lowest BCUT2D eigenvalue weighted by atomic mass is 10.1. The van der Waals surface area contributed by atoms with E-state index in [0.717, 1.165) is 43.5 Å². The highest BCUT2D eigenvalue weighted by molar-refractivity contribution is 7.17. The first-order valence-corrected chi connectivity index (χ1v) is 11.6. The molecule has 2 aromatic heterocycles. The number of aromatic amines is 1. The average molecular weight is 445 g/mol. The van der Waals surface area contributed by atoms with E-state index in [1.54, 1.807) is 0 Å². The minimum Gasteiger partial charge on any atom is -0.352 e. The van der Waals surface area contributed by atoms with Gasteiger partial charge in [-0.25, -0.2) is 4.98 Å². The Bertz CT molecular complexity index is 1110. The molecule has 3 aromatic rings. The number of nitrogens with one attached hydrogen (secondary N) is 2. The van der Waals surface area contributed by atoms with E-state index in [0.29, 0.717) is 34.0 Å². The maximum Gasteiger partial charge on any atom is 0.260 e. The number of rotatable bonds is 6. The van der Waals surface area contributed by atoms with Crippen LogP contribution in [-0.2, 0) is 11.3 Å². The quantitative estimate of drug-likeness (QED) is 0.597. The molecule has 3 heterocycles. The molecule has 1 amide bonds. The van der Waals surface area contributed by atoms with Crippen molar-refractivity contribution < 1.29 is 4.79 Å². The van der Waals surface area contributed by atoms with Gasteiger partial charge in [0.05, 0.1) is 11.9 Å². The van der Waals surface area contributed by atoms with Gasteiger partial charge in [-0.2, -0.15) is 0 Å². The van der Waals surface area contributed by atoms with Crippen LogP contribution in [0.4, 0.5) is 0 Å². The lowest BCUT2D eigenvalue weighted by molar-refractivity contribution is -0.122. The molecule has 158 valence electrons. The van der Waals surface area contributed by atoms with Crippen LogP contribution in [0.5, 0.6) is 0 Å². The van der Waals surface area contributed by atoms with Gasteiger partial charge in [0.25, 0.3) is 5.56 Å². The summed E-state index contributed by atoms with van der Waals surface area (Å²) in [4.78, 5) is 35.4. The van der Waals surface area contributed by atoms with Gasteiger partial charge in [-0.3, -0.25) is 14.5 Å². The van der Waals surface area contributed by atoms with Crippen LogP contribution in [0.3, 0.4) is 0 Å². The van der Waals surface area contributed by atoms with Gasteiger partial charge >= 0.3 is 0 Å². The van der Waals surface area contributed by atoms with Crippen molar-refractivity contribution in [1.29, 1.82) is 0 Å². The maximum absolute atomic E-state index is 12.9. The molecular weight excluding hydrogens is 420 g/mol. The summed E-state index contributed by atoms with van der Waals surface area (Å²) in [6, 6.07) is 7.67. The zero-order valence-electron chi connectivity index (χ0n) is 16.9. The van der Waals surface area contributed by atoms with E-state index in [2.05, 4.69) is 15.2 Å². The predicted octanol–water partition coefficient (Wildman–Crippen LogP) is 4.19. The van der Waals surface area contributed by atoms with Crippen LogP contribution in [0.25, 0.3) is 21.3 Å². The molecule has 1 aliphatic rings. The minimum absolute atomic E-state index is 0.114. The number of hydrogen-bond donors (Lipinski definition) is 2. The second-order valence-electron chi connectivity index (χ2n) is 7.71. The van der Waals surface area contributed by atoms with Gasteiger partial charge < -0.3 is 10.3 Å². The standard InChI is InChI=1S/C22H25ClN4O2S/c1-2-6-19(28)24-14-7-5-10-27(11-14)12-18-25-21(29)20-16(13-30-22(20)26-18)15-8-3-4-9-17(15)23/h3-4,8-9,13-14H,2,5-7,10-12H2,1H3,(H,24,28)(H,25,26,29). The van der Waals surface area contributed by atoms with Gasteiger partial charge in [0.1, 0.15) is 10.7 Å². The zero-order valence-corrected chi connectivity index (χ0v) is 18.5. The van der Waals surface area contributed by atoms with Crippen molar-refractivity contribution in [2.45, 2.75) is 45.2 Å². The molecule has 1 atom stereocenters. The molecule has 6 nitrogen and oxygen atoms in total. The van der Waals surface area contributed by atoms with Crippen molar-refractivity contribution in [2.75, 3.05) is 13.1 Å². The van der Waals surface area contributed by atoms with Gasteiger partial charge in [0.15, 0.2) is 0 Å². The number of nitrogens with zero attached hydrogens (tertiary/aromatic N) is 2. The van der Waals surface area contributed by atoms with Crippen LogP contribution in [0, 0.1) is 0 Å². The number of halogens is 1.